The summed E-state index contributed by atoms with van der Waals surface area (Å²) in [5.41, 5.74) is 3.00. The molecule has 0 aliphatic carbocycles. The zero-order valence-corrected chi connectivity index (χ0v) is 19.6. The fourth-order valence-electron chi connectivity index (χ4n) is 5.73. The monoisotopic (exact) mass is 506 g/mol. The Morgan fingerprint density at radius 1 is 1.33 bits per heavy atom. The van der Waals surface area contributed by atoms with Gasteiger partial charge < -0.3 is 20.3 Å². The van der Waals surface area contributed by atoms with Crippen molar-refractivity contribution in [2.75, 3.05) is 6.54 Å². The number of carbonyl (C=O) groups excluding carboxylic acids is 2. The first-order valence-corrected chi connectivity index (χ1v) is 11.5. The minimum absolute atomic E-state index is 0.0311. The first kappa shape index (κ1) is 24.3. The molecule has 2 bridgehead atoms. The van der Waals surface area contributed by atoms with Crippen LogP contribution in [0.15, 0.2) is 29.2 Å². The molecule has 1 spiro atoms. The van der Waals surface area contributed by atoms with E-state index in [4.69, 9.17) is 10.6 Å². The Morgan fingerprint density at radius 3 is 2.72 bits per heavy atom. The minimum atomic E-state index is -1.79. The summed E-state index contributed by atoms with van der Waals surface area (Å²) < 4.78 is 45.6. The Morgan fingerprint density at radius 2 is 2.06 bits per heavy atom. The van der Waals surface area contributed by atoms with Gasteiger partial charge in [0.1, 0.15) is 22.8 Å². The van der Waals surface area contributed by atoms with Gasteiger partial charge in [-0.25, -0.2) is 13.2 Å². The van der Waals surface area contributed by atoms with E-state index in [1.165, 1.54) is 22.5 Å². The first-order chi connectivity index (χ1) is 16.9. The summed E-state index contributed by atoms with van der Waals surface area (Å²) in [5, 5.41) is 10.6. The maximum Gasteiger partial charge on any atom is 0.274 e. The maximum atomic E-state index is 16.6. The molecular formula is C24H25F3N4O5. The number of rotatable bonds is 3. The van der Waals surface area contributed by atoms with E-state index in [9.17, 15) is 28.3 Å². The number of aromatic nitrogens is 1. The highest BCUT2D eigenvalue weighted by Gasteiger charge is 2.64. The number of halogens is 3. The van der Waals surface area contributed by atoms with Crippen LogP contribution in [0, 0.1) is 11.6 Å². The molecule has 0 saturated carbocycles. The van der Waals surface area contributed by atoms with E-state index >= 15 is 4.39 Å². The third kappa shape index (κ3) is 3.34. The number of hydroxylamine groups is 1. The van der Waals surface area contributed by atoms with Crippen molar-refractivity contribution < 1.29 is 32.7 Å². The van der Waals surface area contributed by atoms with E-state index in [0.29, 0.717) is 6.42 Å². The Hall–Kier alpha value is -3.38. The number of pyridine rings is 1. The summed E-state index contributed by atoms with van der Waals surface area (Å²) in [6.07, 6.45) is -0.458. The van der Waals surface area contributed by atoms with Crippen LogP contribution in [0.4, 0.5) is 13.2 Å². The molecule has 2 aromatic rings. The first-order valence-electron chi connectivity index (χ1n) is 11.5. The second kappa shape index (κ2) is 8.07. The lowest BCUT2D eigenvalue weighted by atomic mass is 9.75. The van der Waals surface area contributed by atoms with Gasteiger partial charge in [-0.2, -0.15) is 5.48 Å². The van der Waals surface area contributed by atoms with Gasteiger partial charge in [-0.3, -0.25) is 19.2 Å². The van der Waals surface area contributed by atoms with Crippen molar-refractivity contribution in [2.45, 2.75) is 62.5 Å². The molecule has 36 heavy (non-hydrogen) atoms. The summed E-state index contributed by atoms with van der Waals surface area (Å²) in [4.78, 5) is 45.1. The normalized spacial score (nSPS) is 31.4. The number of hydrogen-bond donors (Lipinski definition) is 3. The largest absolute Gasteiger partial charge is 0.503 e. The molecule has 12 heteroatoms. The van der Waals surface area contributed by atoms with E-state index < -0.39 is 63.5 Å². The zero-order valence-electron chi connectivity index (χ0n) is 19.6. The number of carbonyl (C=O) groups is 2. The van der Waals surface area contributed by atoms with Gasteiger partial charge in [0.2, 0.25) is 5.43 Å². The van der Waals surface area contributed by atoms with Crippen LogP contribution in [-0.4, -0.2) is 56.3 Å². The molecule has 2 saturated heterocycles. The number of hydrogen-bond acceptors (Lipinski definition) is 6. The number of nitrogens with zero attached hydrogens (tertiary/aromatic N) is 2. The average Bonchev–Trinajstić information content (AvgIpc) is 2.98. The van der Waals surface area contributed by atoms with Crippen molar-refractivity contribution in [1.29, 1.82) is 0 Å². The van der Waals surface area contributed by atoms with Crippen LogP contribution >= 0.6 is 0 Å². The lowest BCUT2D eigenvalue weighted by Crippen LogP contribution is -2.57. The fraction of sp³-hybridized carbons (Fsp3) is 0.458. The smallest absolute Gasteiger partial charge is 0.274 e. The predicted molar refractivity (Wildman–Crippen MR) is 120 cm³/mol. The van der Waals surface area contributed by atoms with Crippen LogP contribution in [0.2, 0.25) is 0 Å². The van der Waals surface area contributed by atoms with E-state index in [2.05, 4.69) is 5.48 Å². The van der Waals surface area contributed by atoms with E-state index in [-0.39, 0.29) is 36.7 Å². The second-order valence-electron chi connectivity index (χ2n) is 10.1. The van der Waals surface area contributed by atoms with E-state index in [1.807, 2.05) is 0 Å². The zero-order chi connectivity index (χ0) is 26.2. The van der Waals surface area contributed by atoms with E-state index in [0.717, 1.165) is 18.3 Å². The summed E-state index contributed by atoms with van der Waals surface area (Å²) in [6, 6.07) is 1.69. The third-order valence-electron chi connectivity index (χ3n) is 7.73. The van der Waals surface area contributed by atoms with Crippen LogP contribution in [0.5, 0.6) is 5.75 Å². The molecule has 5 atom stereocenters. The van der Waals surface area contributed by atoms with Crippen molar-refractivity contribution in [2.24, 2.45) is 5.73 Å². The summed E-state index contributed by atoms with van der Waals surface area (Å²) in [5.74, 6) is -4.29. The lowest BCUT2D eigenvalue weighted by molar-refractivity contribution is -0.114. The van der Waals surface area contributed by atoms with Crippen LogP contribution in [-0.2, 0) is 11.3 Å². The van der Waals surface area contributed by atoms with Gasteiger partial charge in [-0.1, -0.05) is 6.07 Å². The minimum Gasteiger partial charge on any atom is -0.503 e. The van der Waals surface area contributed by atoms with Crippen LogP contribution in [0.25, 0.3) is 0 Å². The molecule has 1 aromatic carbocycles. The Kier molecular flexibility index (Phi) is 5.45. The number of primary amides is 1. The molecule has 2 amide bonds. The highest BCUT2D eigenvalue weighted by atomic mass is 19.1. The van der Waals surface area contributed by atoms with Crippen molar-refractivity contribution in [3.8, 4) is 5.75 Å². The molecule has 3 aliphatic rings. The van der Waals surface area contributed by atoms with Crippen molar-refractivity contribution in [3.63, 3.8) is 0 Å². The van der Waals surface area contributed by atoms with Crippen molar-refractivity contribution >= 4 is 11.8 Å². The van der Waals surface area contributed by atoms with Gasteiger partial charge >= 0.3 is 0 Å². The topological polar surface area (TPSA) is 127 Å². The van der Waals surface area contributed by atoms with Gasteiger partial charge in [-0.05, 0) is 44.7 Å². The Labute approximate surface area is 203 Å². The quantitative estimate of drug-likeness (QED) is 0.582. The standard InChI is InChI=1S/C24H25F3N4O5/c1-11-5-6-24(22(27)23(2,29-36-24)8-12-3-4-13(25)7-15(12)26)16-10-30(11)21(35)17-19(33)18(32)14(20(28)34)9-31(16)17/h3-4,7,9,11,16,22,29,33H,5-6,8,10H2,1-2H3,(H2,28,34). The van der Waals surface area contributed by atoms with Crippen molar-refractivity contribution in [3.05, 3.63) is 63.1 Å². The Balaban J connectivity index is 1.64. The van der Waals surface area contributed by atoms with Gasteiger partial charge in [0, 0.05) is 24.8 Å². The Bertz CT molecular complexity index is 1350. The van der Waals surface area contributed by atoms with Crippen molar-refractivity contribution in [1.82, 2.24) is 14.9 Å². The van der Waals surface area contributed by atoms with Gasteiger partial charge in [0.25, 0.3) is 11.8 Å². The summed E-state index contributed by atoms with van der Waals surface area (Å²) in [7, 11) is 0. The number of aromatic hydroxyl groups is 1. The van der Waals surface area contributed by atoms with Gasteiger partial charge in [0.05, 0.1) is 11.6 Å². The molecule has 4 heterocycles. The highest BCUT2D eigenvalue weighted by Crippen LogP contribution is 2.50. The highest BCUT2D eigenvalue weighted by molar-refractivity contribution is 5.99. The number of fused-ring (bicyclic) bond motifs is 5. The lowest BCUT2D eigenvalue weighted by Gasteiger charge is -2.43. The van der Waals surface area contributed by atoms with E-state index in [1.54, 1.807) is 6.92 Å². The van der Waals surface area contributed by atoms with Gasteiger partial charge in [-0.15, -0.1) is 0 Å². The number of nitrogens with one attached hydrogen (secondary N) is 1. The second-order valence-corrected chi connectivity index (χ2v) is 10.1. The van der Waals surface area contributed by atoms with Crippen LogP contribution < -0.4 is 16.6 Å². The van der Waals surface area contributed by atoms with Crippen LogP contribution in [0.1, 0.15) is 59.1 Å². The third-order valence-corrected chi connectivity index (χ3v) is 7.73. The summed E-state index contributed by atoms with van der Waals surface area (Å²) >= 11 is 0. The average molecular weight is 506 g/mol. The SMILES string of the molecule is CC1CCC2(ONC(C)(Cc3ccc(F)cc3F)C2F)C2CN1C(=O)c1c(O)c(=O)c(C(N)=O)cn12. The molecule has 192 valence electrons. The molecular weight excluding hydrogens is 481 g/mol. The number of nitrogens with two attached hydrogens (primary N) is 1. The maximum absolute atomic E-state index is 16.6. The molecule has 2 fully saturated rings. The molecule has 5 unspecified atom stereocenters. The predicted octanol–water partition coefficient (Wildman–Crippen LogP) is 1.72. The number of alkyl halides is 1. The van der Waals surface area contributed by atoms with Gasteiger partial charge in [0.15, 0.2) is 17.6 Å². The molecule has 3 aliphatic heterocycles. The molecule has 1 aromatic heterocycles. The molecule has 0 radical (unpaired) electrons. The van der Waals surface area contributed by atoms with Crippen LogP contribution in [0.3, 0.4) is 0 Å². The molecule has 9 nitrogen and oxygen atoms in total. The fourth-order valence-corrected chi connectivity index (χ4v) is 5.73. The summed E-state index contributed by atoms with van der Waals surface area (Å²) in [6.45, 7) is 3.24. The number of amides is 2. The number of benzene rings is 1. The molecule has 5 rings (SSSR count). The molecule has 4 N–H and O–H groups in total.